The van der Waals surface area contributed by atoms with Gasteiger partial charge in [0.25, 0.3) is 5.95 Å². The van der Waals surface area contributed by atoms with Crippen molar-refractivity contribution in [1.29, 1.82) is 0 Å². The third-order valence-corrected chi connectivity index (χ3v) is 3.62. The number of aromatic nitrogens is 7. The number of rotatable bonds is 4. The summed E-state index contributed by atoms with van der Waals surface area (Å²) in [7, 11) is 1.77. The van der Waals surface area contributed by atoms with Gasteiger partial charge in [-0.3, -0.25) is 4.98 Å². The van der Waals surface area contributed by atoms with Crippen molar-refractivity contribution >= 4 is 11.0 Å². The van der Waals surface area contributed by atoms with E-state index in [-0.39, 0.29) is 0 Å². The fourth-order valence-electron chi connectivity index (χ4n) is 2.53. The Hall–Kier alpha value is -3.29. The molecule has 0 spiro atoms. The lowest BCUT2D eigenvalue weighted by atomic mass is 10.3. The van der Waals surface area contributed by atoms with Gasteiger partial charge >= 0.3 is 6.01 Å². The molecule has 0 aliphatic carbocycles. The number of para-hydroxylation sites is 2. The highest BCUT2D eigenvalue weighted by Gasteiger charge is 2.18. The van der Waals surface area contributed by atoms with E-state index >= 15 is 0 Å². The first-order valence-corrected chi connectivity index (χ1v) is 7.48. The largest absolute Gasteiger partial charge is 0.458 e. The summed E-state index contributed by atoms with van der Waals surface area (Å²) in [6.45, 7) is 2.26. The predicted molar refractivity (Wildman–Crippen MR) is 86.7 cm³/mol. The first kappa shape index (κ1) is 14.3. The summed E-state index contributed by atoms with van der Waals surface area (Å²) in [5, 5.41) is 11.7. The van der Waals surface area contributed by atoms with E-state index in [1.165, 1.54) is 0 Å². The molecule has 4 rings (SSSR count). The average Bonchev–Trinajstić information content (AvgIpc) is 3.15. The smallest absolute Gasteiger partial charge is 0.305 e. The van der Waals surface area contributed by atoms with Crippen LogP contribution in [0.2, 0.25) is 0 Å². The minimum atomic E-state index is 0.316. The van der Waals surface area contributed by atoms with Crippen molar-refractivity contribution in [3.8, 4) is 12.0 Å². The van der Waals surface area contributed by atoms with Gasteiger partial charge in [-0.15, -0.1) is 0 Å². The van der Waals surface area contributed by atoms with Crippen LogP contribution in [0.5, 0.6) is 6.01 Å². The van der Waals surface area contributed by atoms with Crippen LogP contribution in [0.25, 0.3) is 17.0 Å². The lowest BCUT2D eigenvalue weighted by Gasteiger charge is -2.08. The monoisotopic (exact) mass is 321 g/mol. The van der Waals surface area contributed by atoms with Gasteiger partial charge in [0.05, 0.1) is 16.7 Å². The van der Waals surface area contributed by atoms with E-state index in [2.05, 4.69) is 25.5 Å². The Balaban J connectivity index is 1.76. The van der Waals surface area contributed by atoms with Gasteiger partial charge in [0.15, 0.2) is 0 Å². The van der Waals surface area contributed by atoms with Crippen molar-refractivity contribution in [3.05, 3.63) is 53.9 Å². The second kappa shape index (κ2) is 5.73. The Morgan fingerprint density at radius 3 is 2.71 bits per heavy atom. The molecule has 4 aromatic rings. The average molecular weight is 321 g/mol. The number of hydrogen-bond donors (Lipinski definition) is 0. The van der Waals surface area contributed by atoms with Crippen molar-refractivity contribution < 1.29 is 4.74 Å². The standard InChI is InChI=1S/C16H15N7O/c1-11-6-5-7-12(17-11)10-24-16-18-13-8-3-4-9-14(13)23(16)15-19-20-21-22(15)2/h3-9H,10H2,1-2H3. The second-order valence-corrected chi connectivity index (χ2v) is 5.38. The fraction of sp³-hybridized carbons (Fsp3) is 0.188. The molecule has 3 heterocycles. The summed E-state index contributed by atoms with van der Waals surface area (Å²) >= 11 is 0. The van der Waals surface area contributed by atoms with Crippen LogP contribution in [0, 0.1) is 6.92 Å². The van der Waals surface area contributed by atoms with Crippen LogP contribution in [0.1, 0.15) is 11.4 Å². The zero-order valence-corrected chi connectivity index (χ0v) is 13.3. The van der Waals surface area contributed by atoms with Crippen LogP contribution in [0.3, 0.4) is 0 Å². The molecule has 0 aliphatic heterocycles. The van der Waals surface area contributed by atoms with Crippen LogP contribution in [-0.4, -0.2) is 34.7 Å². The van der Waals surface area contributed by atoms with Crippen LogP contribution < -0.4 is 4.74 Å². The van der Waals surface area contributed by atoms with Gasteiger partial charge in [-0.2, -0.15) is 4.98 Å². The molecular formula is C16H15N7O. The van der Waals surface area contributed by atoms with Crippen molar-refractivity contribution in [2.45, 2.75) is 13.5 Å². The number of ether oxygens (including phenoxy) is 1. The summed E-state index contributed by atoms with van der Waals surface area (Å²) in [5.74, 6) is 0.538. The first-order chi connectivity index (χ1) is 11.7. The molecule has 120 valence electrons. The summed E-state index contributed by atoms with van der Waals surface area (Å²) in [6.07, 6.45) is 0. The van der Waals surface area contributed by atoms with Crippen molar-refractivity contribution in [1.82, 2.24) is 34.7 Å². The number of pyridine rings is 1. The zero-order valence-electron chi connectivity index (χ0n) is 13.3. The highest BCUT2D eigenvalue weighted by atomic mass is 16.5. The van der Waals surface area contributed by atoms with E-state index < -0.39 is 0 Å². The van der Waals surface area contributed by atoms with E-state index in [4.69, 9.17) is 4.74 Å². The van der Waals surface area contributed by atoms with Crippen molar-refractivity contribution in [2.24, 2.45) is 7.05 Å². The lowest BCUT2D eigenvalue weighted by Crippen LogP contribution is -2.08. The Kier molecular flexibility index (Phi) is 3.42. The maximum atomic E-state index is 5.92. The Bertz CT molecular complexity index is 1000. The highest BCUT2D eigenvalue weighted by molar-refractivity contribution is 5.78. The third kappa shape index (κ3) is 2.47. The number of benzene rings is 1. The molecule has 0 atom stereocenters. The molecule has 0 fully saturated rings. The maximum absolute atomic E-state index is 5.92. The third-order valence-electron chi connectivity index (χ3n) is 3.62. The Labute approximate surface area is 137 Å². The second-order valence-electron chi connectivity index (χ2n) is 5.38. The molecule has 0 saturated carbocycles. The van der Waals surface area contributed by atoms with E-state index in [1.807, 2.05) is 49.4 Å². The molecule has 1 aromatic carbocycles. The van der Waals surface area contributed by atoms with Crippen molar-refractivity contribution in [3.63, 3.8) is 0 Å². The lowest BCUT2D eigenvalue weighted by molar-refractivity contribution is 0.272. The number of hydrogen-bond acceptors (Lipinski definition) is 6. The van der Waals surface area contributed by atoms with Gasteiger partial charge in [0, 0.05) is 12.7 Å². The van der Waals surface area contributed by atoms with Gasteiger partial charge in [-0.25, -0.2) is 9.25 Å². The number of fused-ring (bicyclic) bond motifs is 1. The van der Waals surface area contributed by atoms with E-state index in [9.17, 15) is 0 Å². The molecule has 24 heavy (non-hydrogen) atoms. The SMILES string of the molecule is Cc1cccc(COc2nc3ccccc3n2-c2nnnn2C)n1. The van der Waals surface area contributed by atoms with Gasteiger partial charge in [0.2, 0.25) is 0 Å². The van der Waals surface area contributed by atoms with Crippen LogP contribution >= 0.6 is 0 Å². The molecule has 0 bridgehead atoms. The predicted octanol–water partition coefficient (Wildman–Crippen LogP) is 1.83. The Morgan fingerprint density at radius 2 is 1.92 bits per heavy atom. The first-order valence-electron chi connectivity index (χ1n) is 7.48. The Morgan fingerprint density at radius 1 is 1.04 bits per heavy atom. The molecule has 0 aliphatic rings. The quantitative estimate of drug-likeness (QED) is 0.570. The normalized spacial score (nSPS) is 11.1. The van der Waals surface area contributed by atoms with Crippen LogP contribution in [0.4, 0.5) is 0 Å². The number of imidazole rings is 1. The number of aryl methyl sites for hydroxylation is 2. The molecule has 0 saturated heterocycles. The molecule has 0 N–H and O–H groups in total. The van der Waals surface area contributed by atoms with Gasteiger partial charge < -0.3 is 4.74 Å². The molecule has 3 aromatic heterocycles. The molecule has 0 unspecified atom stereocenters. The molecule has 0 amide bonds. The summed E-state index contributed by atoms with van der Waals surface area (Å²) in [4.78, 5) is 9.00. The minimum Gasteiger partial charge on any atom is -0.458 e. The molecule has 8 nitrogen and oxygen atoms in total. The van der Waals surface area contributed by atoms with Crippen molar-refractivity contribution in [2.75, 3.05) is 0 Å². The summed E-state index contributed by atoms with van der Waals surface area (Å²) < 4.78 is 9.29. The number of nitrogens with zero attached hydrogens (tertiary/aromatic N) is 7. The van der Waals surface area contributed by atoms with Crippen LogP contribution in [0.15, 0.2) is 42.5 Å². The highest BCUT2D eigenvalue weighted by Crippen LogP contribution is 2.25. The zero-order chi connectivity index (χ0) is 16.5. The summed E-state index contributed by atoms with van der Waals surface area (Å²) in [6, 6.07) is 14.0. The van der Waals surface area contributed by atoms with E-state index in [0.717, 1.165) is 22.4 Å². The van der Waals surface area contributed by atoms with E-state index in [1.54, 1.807) is 16.3 Å². The number of tetrazole rings is 1. The van der Waals surface area contributed by atoms with E-state index in [0.29, 0.717) is 18.6 Å². The fourth-order valence-corrected chi connectivity index (χ4v) is 2.53. The van der Waals surface area contributed by atoms with Crippen LogP contribution in [-0.2, 0) is 13.7 Å². The topological polar surface area (TPSA) is 83.5 Å². The maximum Gasteiger partial charge on any atom is 0.305 e. The minimum absolute atomic E-state index is 0.316. The molecular weight excluding hydrogens is 306 g/mol. The van der Waals surface area contributed by atoms with Gasteiger partial charge in [-0.1, -0.05) is 23.3 Å². The molecule has 0 radical (unpaired) electrons. The van der Waals surface area contributed by atoms with Gasteiger partial charge in [0.1, 0.15) is 6.61 Å². The van der Waals surface area contributed by atoms with Gasteiger partial charge in [-0.05, 0) is 41.6 Å². The molecule has 8 heteroatoms. The summed E-state index contributed by atoms with van der Waals surface area (Å²) in [5.41, 5.74) is 3.47.